The second kappa shape index (κ2) is 5.14. The summed E-state index contributed by atoms with van der Waals surface area (Å²) in [7, 11) is 0. The molecule has 3 rings (SSSR count). The number of hydrogen-bond donors (Lipinski definition) is 1. The second-order valence-electron chi connectivity index (χ2n) is 7.09. The highest BCUT2D eigenvalue weighted by atomic mass is 16.2. The molecule has 112 valence electrons. The van der Waals surface area contributed by atoms with Crippen LogP contribution in [0.4, 0.5) is 0 Å². The molecule has 0 aromatic carbocycles. The molecular formula is C16H26N2O2. The van der Waals surface area contributed by atoms with Gasteiger partial charge < -0.3 is 5.32 Å². The van der Waals surface area contributed by atoms with Crippen molar-refractivity contribution in [3.8, 4) is 0 Å². The smallest absolute Gasteiger partial charge is 0.236 e. The van der Waals surface area contributed by atoms with Crippen molar-refractivity contribution in [1.29, 1.82) is 0 Å². The summed E-state index contributed by atoms with van der Waals surface area (Å²) < 4.78 is 0. The molecule has 3 fully saturated rings. The number of rotatable bonds is 1. The third kappa shape index (κ3) is 2.18. The number of imide groups is 1. The highest BCUT2D eigenvalue weighted by Gasteiger charge is 2.54. The summed E-state index contributed by atoms with van der Waals surface area (Å²) in [6.45, 7) is 4.27. The van der Waals surface area contributed by atoms with Crippen LogP contribution in [0.1, 0.15) is 65.2 Å². The number of nitrogens with one attached hydrogen (secondary N) is 1. The SMILES string of the molecule is CC1CCC(N2C(=O)CC3(CCCCC3)C2=O)C(C)N1. The lowest BCUT2D eigenvalue weighted by Crippen LogP contribution is -2.57. The van der Waals surface area contributed by atoms with Crippen LogP contribution in [0.25, 0.3) is 0 Å². The van der Waals surface area contributed by atoms with Gasteiger partial charge in [-0.1, -0.05) is 19.3 Å². The summed E-state index contributed by atoms with van der Waals surface area (Å²) in [6.07, 6.45) is 7.69. The van der Waals surface area contributed by atoms with E-state index < -0.39 is 0 Å². The van der Waals surface area contributed by atoms with Gasteiger partial charge in [-0.3, -0.25) is 14.5 Å². The van der Waals surface area contributed by atoms with Gasteiger partial charge >= 0.3 is 0 Å². The summed E-state index contributed by atoms with van der Waals surface area (Å²) in [6, 6.07) is 0.760. The minimum atomic E-state index is -0.335. The van der Waals surface area contributed by atoms with Crippen LogP contribution in [0.3, 0.4) is 0 Å². The molecule has 1 saturated carbocycles. The van der Waals surface area contributed by atoms with Crippen LogP contribution in [0.2, 0.25) is 0 Å². The zero-order valence-electron chi connectivity index (χ0n) is 12.7. The van der Waals surface area contributed by atoms with Gasteiger partial charge in [0.05, 0.1) is 11.5 Å². The summed E-state index contributed by atoms with van der Waals surface area (Å²) in [5.41, 5.74) is -0.335. The van der Waals surface area contributed by atoms with E-state index in [-0.39, 0.29) is 29.3 Å². The topological polar surface area (TPSA) is 49.4 Å². The maximum absolute atomic E-state index is 12.9. The lowest BCUT2D eigenvalue weighted by atomic mass is 9.73. The maximum atomic E-state index is 12.9. The molecule has 2 amide bonds. The van der Waals surface area contributed by atoms with Crippen molar-refractivity contribution in [1.82, 2.24) is 10.2 Å². The van der Waals surface area contributed by atoms with Gasteiger partial charge in [0.25, 0.3) is 0 Å². The Kier molecular flexibility index (Phi) is 3.61. The molecule has 0 aromatic rings. The zero-order chi connectivity index (χ0) is 14.3. The van der Waals surface area contributed by atoms with E-state index in [1.807, 2.05) is 0 Å². The van der Waals surface area contributed by atoms with Crippen molar-refractivity contribution >= 4 is 11.8 Å². The number of carbonyl (C=O) groups is 2. The van der Waals surface area contributed by atoms with E-state index >= 15 is 0 Å². The molecule has 1 N–H and O–H groups in total. The summed E-state index contributed by atoms with van der Waals surface area (Å²) in [4.78, 5) is 27.0. The van der Waals surface area contributed by atoms with Gasteiger partial charge in [0, 0.05) is 18.5 Å². The highest BCUT2D eigenvalue weighted by Crippen LogP contribution is 2.46. The fourth-order valence-electron chi connectivity index (χ4n) is 4.44. The Bertz CT molecular complexity index is 415. The number of likely N-dealkylation sites (tertiary alicyclic amines) is 1. The first-order chi connectivity index (χ1) is 9.53. The van der Waals surface area contributed by atoms with Gasteiger partial charge in [0.1, 0.15) is 0 Å². The Morgan fingerprint density at radius 3 is 2.45 bits per heavy atom. The molecule has 0 bridgehead atoms. The molecule has 0 radical (unpaired) electrons. The maximum Gasteiger partial charge on any atom is 0.236 e. The van der Waals surface area contributed by atoms with Crippen LogP contribution < -0.4 is 5.32 Å². The van der Waals surface area contributed by atoms with Gasteiger partial charge in [0.2, 0.25) is 11.8 Å². The number of carbonyl (C=O) groups excluding carboxylic acids is 2. The number of amides is 2. The average molecular weight is 278 g/mol. The van der Waals surface area contributed by atoms with Crippen LogP contribution >= 0.6 is 0 Å². The third-order valence-corrected chi connectivity index (χ3v) is 5.59. The number of nitrogens with zero attached hydrogens (tertiary/aromatic N) is 1. The highest BCUT2D eigenvalue weighted by molar-refractivity contribution is 6.06. The second-order valence-corrected chi connectivity index (χ2v) is 7.09. The standard InChI is InChI=1S/C16H26N2O2/c1-11-6-7-13(12(2)17-11)18-14(19)10-16(15(18)20)8-4-3-5-9-16/h11-13,17H,3-10H2,1-2H3. The number of piperidine rings is 1. The van der Waals surface area contributed by atoms with E-state index in [1.54, 1.807) is 4.90 Å². The average Bonchev–Trinajstić information content (AvgIpc) is 2.63. The fourth-order valence-corrected chi connectivity index (χ4v) is 4.44. The Balaban J connectivity index is 1.80. The fraction of sp³-hybridized carbons (Fsp3) is 0.875. The van der Waals surface area contributed by atoms with Crippen molar-refractivity contribution in [2.45, 2.75) is 83.3 Å². The first-order valence-corrected chi connectivity index (χ1v) is 8.16. The van der Waals surface area contributed by atoms with E-state index in [4.69, 9.17) is 0 Å². The van der Waals surface area contributed by atoms with Gasteiger partial charge in [-0.25, -0.2) is 0 Å². The summed E-state index contributed by atoms with van der Waals surface area (Å²) in [5, 5.41) is 3.49. The van der Waals surface area contributed by atoms with Gasteiger partial charge in [-0.05, 0) is 39.5 Å². The van der Waals surface area contributed by atoms with Gasteiger partial charge in [-0.2, -0.15) is 0 Å². The summed E-state index contributed by atoms with van der Waals surface area (Å²) >= 11 is 0. The predicted octanol–water partition coefficient (Wildman–Crippen LogP) is 2.22. The van der Waals surface area contributed by atoms with Crippen LogP contribution in [0.5, 0.6) is 0 Å². The molecule has 4 heteroatoms. The van der Waals surface area contributed by atoms with Crippen LogP contribution in [-0.4, -0.2) is 34.8 Å². The quantitative estimate of drug-likeness (QED) is 0.748. The van der Waals surface area contributed by atoms with Gasteiger partial charge in [0.15, 0.2) is 0 Å². The predicted molar refractivity (Wildman–Crippen MR) is 77.1 cm³/mol. The Morgan fingerprint density at radius 1 is 1.10 bits per heavy atom. The largest absolute Gasteiger partial charge is 0.310 e. The molecule has 1 spiro atoms. The van der Waals surface area contributed by atoms with Crippen molar-refractivity contribution in [2.75, 3.05) is 0 Å². The lowest BCUT2D eigenvalue weighted by Gasteiger charge is -2.39. The van der Waals surface area contributed by atoms with E-state index in [9.17, 15) is 9.59 Å². The molecule has 3 unspecified atom stereocenters. The van der Waals surface area contributed by atoms with E-state index in [2.05, 4.69) is 19.2 Å². The van der Waals surface area contributed by atoms with Crippen molar-refractivity contribution in [3.05, 3.63) is 0 Å². The van der Waals surface area contributed by atoms with Crippen LogP contribution in [0.15, 0.2) is 0 Å². The first kappa shape index (κ1) is 14.1. The molecule has 4 nitrogen and oxygen atoms in total. The molecule has 3 aliphatic rings. The Hall–Kier alpha value is -0.900. The van der Waals surface area contributed by atoms with Crippen molar-refractivity contribution in [3.63, 3.8) is 0 Å². The normalized spacial score (nSPS) is 37.7. The van der Waals surface area contributed by atoms with E-state index in [1.165, 1.54) is 6.42 Å². The van der Waals surface area contributed by atoms with E-state index in [0.29, 0.717) is 12.5 Å². The van der Waals surface area contributed by atoms with Crippen LogP contribution in [0, 0.1) is 5.41 Å². The van der Waals surface area contributed by atoms with Gasteiger partial charge in [-0.15, -0.1) is 0 Å². The monoisotopic (exact) mass is 278 g/mol. The molecule has 2 heterocycles. The first-order valence-electron chi connectivity index (χ1n) is 8.16. The van der Waals surface area contributed by atoms with Crippen molar-refractivity contribution in [2.24, 2.45) is 5.41 Å². The lowest BCUT2D eigenvalue weighted by molar-refractivity contribution is -0.146. The Morgan fingerprint density at radius 2 is 1.80 bits per heavy atom. The van der Waals surface area contributed by atoms with Crippen LogP contribution in [-0.2, 0) is 9.59 Å². The number of hydrogen-bond acceptors (Lipinski definition) is 3. The zero-order valence-corrected chi connectivity index (χ0v) is 12.7. The molecule has 1 aliphatic carbocycles. The molecule has 2 saturated heterocycles. The molecule has 0 aromatic heterocycles. The summed E-state index contributed by atoms with van der Waals surface area (Å²) in [5.74, 6) is 0.209. The molecule has 2 aliphatic heterocycles. The minimum absolute atomic E-state index is 0.0625. The minimum Gasteiger partial charge on any atom is -0.310 e. The third-order valence-electron chi connectivity index (χ3n) is 5.59. The Labute approximate surface area is 121 Å². The van der Waals surface area contributed by atoms with E-state index in [0.717, 1.165) is 38.5 Å². The molecular weight excluding hydrogens is 252 g/mol. The molecule has 3 atom stereocenters. The van der Waals surface area contributed by atoms with Crippen molar-refractivity contribution < 1.29 is 9.59 Å². The molecule has 20 heavy (non-hydrogen) atoms.